The van der Waals surface area contributed by atoms with Gasteiger partial charge in [0, 0.05) is 18.1 Å². The van der Waals surface area contributed by atoms with Crippen LogP contribution in [0.4, 0.5) is 0 Å². The Kier molecular flexibility index (Phi) is 5.02. The smallest absolute Gasteiger partial charge is 0.357 e. The first-order valence-electron chi connectivity index (χ1n) is 8.91. The van der Waals surface area contributed by atoms with Crippen LogP contribution in [0.2, 0.25) is 0 Å². The Morgan fingerprint density at radius 3 is 2.50 bits per heavy atom. The van der Waals surface area contributed by atoms with Crippen LogP contribution in [0.1, 0.15) is 51.8 Å². The Hall–Kier alpha value is -3.09. The molecule has 0 amide bonds. The minimum Gasteiger partial charge on any atom is -0.483 e. The molecule has 0 bridgehead atoms. The fourth-order valence-corrected chi connectivity index (χ4v) is 2.97. The summed E-state index contributed by atoms with van der Waals surface area (Å²) in [6.07, 6.45) is 2.68. The van der Waals surface area contributed by atoms with E-state index in [0.29, 0.717) is 22.4 Å². The molecular weight excluding hydrogens is 364 g/mol. The molecule has 7 nitrogen and oxygen atoms in total. The van der Waals surface area contributed by atoms with Gasteiger partial charge >= 0.3 is 17.9 Å². The lowest BCUT2D eigenvalue weighted by Crippen LogP contribution is -2.42. The summed E-state index contributed by atoms with van der Waals surface area (Å²) in [5.41, 5.74) is 0.815. The summed E-state index contributed by atoms with van der Waals surface area (Å²) >= 11 is 0. The van der Waals surface area contributed by atoms with Crippen molar-refractivity contribution >= 4 is 24.0 Å². The molecule has 0 fully saturated rings. The average molecular weight is 386 g/mol. The van der Waals surface area contributed by atoms with E-state index in [-0.39, 0.29) is 5.75 Å². The van der Waals surface area contributed by atoms with Gasteiger partial charge in [-0.3, -0.25) is 4.79 Å². The maximum Gasteiger partial charge on any atom is 0.357 e. The molecule has 1 aromatic carbocycles. The van der Waals surface area contributed by atoms with Crippen LogP contribution in [0.3, 0.4) is 0 Å². The van der Waals surface area contributed by atoms with Crippen LogP contribution in [0, 0.1) is 0 Å². The fourth-order valence-electron chi connectivity index (χ4n) is 2.97. The van der Waals surface area contributed by atoms with Gasteiger partial charge in [0.25, 0.3) is 0 Å². The van der Waals surface area contributed by atoms with Gasteiger partial charge in [-0.1, -0.05) is 6.08 Å². The highest BCUT2D eigenvalue weighted by Gasteiger charge is 2.45. The van der Waals surface area contributed by atoms with Gasteiger partial charge in [-0.25, -0.2) is 9.59 Å². The van der Waals surface area contributed by atoms with E-state index in [4.69, 9.17) is 18.9 Å². The molecule has 2 aliphatic rings. The number of carbonyl (C=O) groups excluding carboxylic acids is 3. The van der Waals surface area contributed by atoms with E-state index >= 15 is 0 Å². The van der Waals surface area contributed by atoms with Crippen LogP contribution in [-0.2, 0) is 23.9 Å². The van der Waals surface area contributed by atoms with Crippen molar-refractivity contribution in [2.75, 3.05) is 0 Å². The molecule has 0 spiro atoms. The highest BCUT2D eigenvalue weighted by atomic mass is 16.6. The summed E-state index contributed by atoms with van der Waals surface area (Å²) in [6.45, 7) is 8.26. The first-order chi connectivity index (χ1) is 13.1. The van der Waals surface area contributed by atoms with E-state index in [1.54, 1.807) is 38.1 Å². The Bertz CT molecular complexity index is 908. The molecule has 3 rings (SSSR count). The van der Waals surface area contributed by atoms with Crippen LogP contribution in [0.15, 0.2) is 29.9 Å². The predicted octanol–water partition coefficient (Wildman–Crippen LogP) is 3.27. The molecule has 2 atom stereocenters. The standard InChI is InChI=1S/C21H22O7/c1-6-11(2)19(23)27-18-17(25-12(3)22)14-7-8-15-13(16(14)26-20(18)24)9-10-21(4,5)28-15/h6-10,17-18H,1-5H3/b11-6+. The van der Waals surface area contributed by atoms with Gasteiger partial charge < -0.3 is 18.9 Å². The lowest BCUT2D eigenvalue weighted by Gasteiger charge is -2.34. The van der Waals surface area contributed by atoms with Crippen molar-refractivity contribution in [2.24, 2.45) is 0 Å². The van der Waals surface area contributed by atoms with Crippen LogP contribution in [-0.4, -0.2) is 29.6 Å². The molecule has 1 aromatic rings. The van der Waals surface area contributed by atoms with Crippen molar-refractivity contribution in [3.63, 3.8) is 0 Å². The highest BCUT2D eigenvalue weighted by molar-refractivity contribution is 5.92. The Balaban J connectivity index is 2.05. The Labute approximate surface area is 162 Å². The molecule has 0 aliphatic carbocycles. The third kappa shape index (κ3) is 3.65. The second-order valence-corrected chi connectivity index (χ2v) is 7.18. The third-order valence-electron chi connectivity index (χ3n) is 4.51. The molecule has 0 radical (unpaired) electrons. The van der Waals surface area contributed by atoms with Crippen LogP contribution < -0.4 is 9.47 Å². The topological polar surface area (TPSA) is 88.1 Å². The molecule has 2 heterocycles. The fraction of sp³-hybridized carbons (Fsp3) is 0.381. The van der Waals surface area contributed by atoms with Crippen molar-refractivity contribution in [1.82, 2.24) is 0 Å². The van der Waals surface area contributed by atoms with Crippen molar-refractivity contribution in [3.8, 4) is 11.5 Å². The SMILES string of the molecule is C/C=C(\C)C(=O)OC1C(=O)Oc2c(ccc3c2C=CC(C)(C)O3)C1OC(C)=O. The molecule has 148 valence electrons. The summed E-state index contributed by atoms with van der Waals surface area (Å²) in [5.74, 6) is -1.34. The molecule has 0 aromatic heterocycles. The molecular formula is C21H22O7. The van der Waals surface area contributed by atoms with Crippen LogP contribution >= 0.6 is 0 Å². The zero-order chi connectivity index (χ0) is 20.6. The van der Waals surface area contributed by atoms with Gasteiger partial charge in [0.2, 0.25) is 6.10 Å². The van der Waals surface area contributed by atoms with Gasteiger partial charge in [0.05, 0.1) is 5.56 Å². The van der Waals surface area contributed by atoms with Crippen molar-refractivity contribution in [1.29, 1.82) is 0 Å². The molecule has 2 aliphatic heterocycles. The first kappa shape index (κ1) is 19.7. The zero-order valence-electron chi connectivity index (χ0n) is 16.4. The molecule has 0 saturated heterocycles. The van der Waals surface area contributed by atoms with Gasteiger partial charge in [0.1, 0.15) is 17.1 Å². The van der Waals surface area contributed by atoms with E-state index in [0.717, 1.165) is 0 Å². The summed E-state index contributed by atoms with van der Waals surface area (Å²) < 4.78 is 22.0. The number of benzene rings is 1. The minimum absolute atomic E-state index is 0.232. The van der Waals surface area contributed by atoms with Gasteiger partial charge in [-0.05, 0) is 52.0 Å². The van der Waals surface area contributed by atoms with E-state index in [1.807, 2.05) is 19.9 Å². The quantitative estimate of drug-likeness (QED) is 0.447. The zero-order valence-corrected chi connectivity index (χ0v) is 16.4. The second kappa shape index (κ2) is 7.14. The summed E-state index contributed by atoms with van der Waals surface area (Å²) in [6, 6.07) is 3.36. The summed E-state index contributed by atoms with van der Waals surface area (Å²) in [5, 5.41) is 0. The third-order valence-corrected chi connectivity index (χ3v) is 4.51. The number of ether oxygens (including phenoxy) is 4. The predicted molar refractivity (Wildman–Crippen MR) is 99.6 cm³/mol. The number of allylic oxidation sites excluding steroid dienone is 1. The number of hydrogen-bond donors (Lipinski definition) is 0. The molecule has 28 heavy (non-hydrogen) atoms. The maximum absolute atomic E-state index is 12.6. The molecule has 0 N–H and O–H groups in total. The number of carbonyl (C=O) groups is 3. The second-order valence-electron chi connectivity index (χ2n) is 7.18. The van der Waals surface area contributed by atoms with E-state index < -0.39 is 35.7 Å². The lowest BCUT2D eigenvalue weighted by molar-refractivity contribution is -0.178. The Morgan fingerprint density at radius 2 is 1.86 bits per heavy atom. The normalized spacial score (nSPS) is 22.3. The number of esters is 3. The number of fused-ring (bicyclic) bond motifs is 3. The van der Waals surface area contributed by atoms with E-state index in [2.05, 4.69) is 0 Å². The highest BCUT2D eigenvalue weighted by Crippen LogP contribution is 2.45. The monoisotopic (exact) mass is 386 g/mol. The van der Waals surface area contributed by atoms with Gasteiger partial charge in [-0.2, -0.15) is 0 Å². The van der Waals surface area contributed by atoms with E-state index in [9.17, 15) is 14.4 Å². The molecule has 7 heteroatoms. The molecule has 2 unspecified atom stereocenters. The average Bonchev–Trinajstić information content (AvgIpc) is 2.62. The first-order valence-corrected chi connectivity index (χ1v) is 8.91. The van der Waals surface area contributed by atoms with Crippen molar-refractivity contribution < 1.29 is 33.3 Å². The molecule has 0 saturated carbocycles. The van der Waals surface area contributed by atoms with Crippen LogP contribution in [0.5, 0.6) is 11.5 Å². The number of hydrogen-bond acceptors (Lipinski definition) is 7. The lowest BCUT2D eigenvalue weighted by atomic mass is 9.94. The largest absolute Gasteiger partial charge is 0.483 e. The van der Waals surface area contributed by atoms with Crippen LogP contribution in [0.25, 0.3) is 6.08 Å². The van der Waals surface area contributed by atoms with Crippen molar-refractivity contribution in [2.45, 2.75) is 52.4 Å². The maximum atomic E-state index is 12.6. The van der Waals surface area contributed by atoms with Gasteiger partial charge in [-0.15, -0.1) is 0 Å². The van der Waals surface area contributed by atoms with Crippen molar-refractivity contribution in [3.05, 3.63) is 41.0 Å². The minimum atomic E-state index is -1.40. The Morgan fingerprint density at radius 1 is 1.14 bits per heavy atom. The van der Waals surface area contributed by atoms with E-state index in [1.165, 1.54) is 6.92 Å². The number of rotatable bonds is 3. The summed E-state index contributed by atoms with van der Waals surface area (Å²) in [7, 11) is 0. The van der Waals surface area contributed by atoms with Gasteiger partial charge in [0.15, 0.2) is 6.10 Å². The summed E-state index contributed by atoms with van der Waals surface area (Å²) in [4.78, 5) is 36.5.